The predicted octanol–water partition coefficient (Wildman–Crippen LogP) is 7.11. The van der Waals surface area contributed by atoms with Crippen LogP contribution in [0.3, 0.4) is 0 Å². The normalized spacial score (nSPS) is 12.2. The van der Waals surface area contributed by atoms with Gasteiger partial charge in [0.05, 0.1) is 0 Å². The molecule has 37 heavy (non-hydrogen) atoms. The van der Waals surface area contributed by atoms with Crippen molar-refractivity contribution in [3.05, 3.63) is 87.9 Å². The maximum absolute atomic E-state index is 13.0. The molecule has 0 unspecified atom stereocenters. The SMILES string of the molecule is CCCCC/C=C\C/C=C\C/C=C\C/C=C\CCCC(=O)c1cc(N)cc2oc(=O)c(C(N)=O)c(C)c12. The predicted molar refractivity (Wildman–Crippen MR) is 153 cm³/mol. The third-order valence-electron chi connectivity index (χ3n) is 6.06. The van der Waals surface area contributed by atoms with Gasteiger partial charge in [0, 0.05) is 29.1 Å². The van der Waals surface area contributed by atoms with Crippen molar-refractivity contribution < 1.29 is 14.0 Å². The Morgan fingerprint density at radius 1 is 0.865 bits per heavy atom. The number of amides is 1. The monoisotopic (exact) mass is 504 g/mol. The second kappa shape index (κ2) is 16.1. The molecule has 6 nitrogen and oxygen atoms in total. The van der Waals surface area contributed by atoms with E-state index in [0.29, 0.717) is 35.0 Å². The highest BCUT2D eigenvalue weighted by molar-refractivity contribution is 6.11. The van der Waals surface area contributed by atoms with Gasteiger partial charge in [-0.2, -0.15) is 0 Å². The van der Waals surface area contributed by atoms with Crippen molar-refractivity contribution in [2.75, 3.05) is 5.73 Å². The Labute approximate surface area is 219 Å². The summed E-state index contributed by atoms with van der Waals surface area (Å²) in [6.45, 7) is 3.81. The Balaban J connectivity index is 1.79. The van der Waals surface area contributed by atoms with Gasteiger partial charge in [0.2, 0.25) is 0 Å². The molecule has 0 aliphatic rings. The smallest absolute Gasteiger partial charge is 0.349 e. The number of carbonyl (C=O) groups excluding carboxylic acids is 2. The lowest BCUT2D eigenvalue weighted by atomic mass is 9.95. The fourth-order valence-electron chi connectivity index (χ4n) is 4.11. The van der Waals surface area contributed by atoms with Gasteiger partial charge in [-0.05, 0) is 63.5 Å². The average molecular weight is 505 g/mol. The van der Waals surface area contributed by atoms with Gasteiger partial charge in [-0.1, -0.05) is 68.4 Å². The van der Waals surface area contributed by atoms with Crippen LogP contribution in [0.1, 0.15) is 97.4 Å². The zero-order chi connectivity index (χ0) is 27.0. The maximum Gasteiger partial charge on any atom is 0.349 e. The van der Waals surface area contributed by atoms with E-state index < -0.39 is 11.5 Å². The summed E-state index contributed by atoms with van der Waals surface area (Å²) in [7, 11) is 0. The lowest BCUT2D eigenvalue weighted by Crippen LogP contribution is -2.23. The summed E-state index contributed by atoms with van der Waals surface area (Å²) < 4.78 is 5.23. The molecule has 0 radical (unpaired) electrons. The van der Waals surface area contributed by atoms with Gasteiger partial charge >= 0.3 is 5.63 Å². The standard InChI is InChI=1S/C31H40N2O4/c1-3-4-5-6-7-8-9-10-11-12-13-14-15-16-17-18-19-20-26(34)25-21-24(32)22-27-28(25)23(2)29(30(33)35)31(36)37-27/h7-8,10-11,13-14,16-17,21-22H,3-6,9,12,15,18-20,32H2,1-2H3,(H2,33,35)/b8-7-,11-10-,14-13-,17-16-. The van der Waals surface area contributed by atoms with Crippen LogP contribution in [0.5, 0.6) is 0 Å². The molecule has 1 heterocycles. The van der Waals surface area contributed by atoms with E-state index in [1.807, 2.05) is 0 Å². The molecule has 0 aliphatic carbocycles. The van der Waals surface area contributed by atoms with E-state index in [1.165, 1.54) is 31.7 Å². The Morgan fingerprint density at radius 3 is 2.00 bits per heavy atom. The second-order valence-corrected chi connectivity index (χ2v) is 9.10. The van der Waals surface area contributed by atoms with Gasteiger partial charge in [-0.3, -0.25) is 9.59 Å². The minimum Gasteiger partial charge on any atom is -0.422 e. The van der Waals surface area contributed by atoms with Gasteiger partial charge in [0.1, 0.15) is 11.1 Å². The summed E-state index contributed by atoms with van der Waals surface area (Å²) in [5.41, 5.74) is 11.4. The minimum absolute atomic E-state index is 0.124. The van der Waals surface area contributed by atoms with E-state index in [2.05, 4.69) is 55.5 Å². The number of fused-ring (bicyclic) bond motifs is 1. The number of nitrogens with two attached hydrogens (primary N) is 2. The Hall–Kier alpha value is -3.67. The van der Waals surface area contributed by atoms with Crippen molar-refractivity contribution >= 4 is 28.3 Å². The summed E-state index contributed by atoms with van der Waals surface area (Å²) in [6, 6.07) is 3.03. The third kappa shape index (κ3) is 9.71. The largest absolute Gasteiger partial charge is 0.422 e. The molecule has 4 N–H and O–H groups in total. The molecule has 0 saturated heterocycles. The number of Topliss-reactive ketones (excluding diaryl/α,β-unsaturated/α-hetero) is 1. The number of allylic oxidation sites excluding steroid dienone is 8. The summed E-state index contributed by atoms with van der Waals surface area (Å²) in [5.74, 6) is -1.01. The summed E-state index contributed by atoms with van der Waals surface area (Å²) in [5, 5.41) is 0.408. The lowest BCUT2D eigenvalue weighted by Gasteiger charge is -2.11. The van der Waals surface area contributed by atoms with Crippen LogP contribution < -0.4 is 17.1 Å². The van der Waals surface area contributed by atoms with Crippen LogP contribution in [0.2, 0.25) is 0 Å². The van der Waals surface area contributed by atoms with E-state index in [4.69, 9.17) is 15.9 Å². The summed E-state index contributed by atoms with van der Waals surface area (Å²) in [6.07, 6.45) is 26.9. The first-order valence-electron chi connectivity index (χ1n) is 13.2. The highest BCUT2D eigenvalue weighted by atomic mass is 16.4. The quantitative estimate of drug-likeness (QED) is 0.0830. The average Bonchev–Trinajstić information content (AvgIpc) is 2.84. The molecule has 2 rings (SSSR count). The number of anilines is 1. The fourth-order valence-corrected chi connectivity index (χ4v) is 4.11. The van der Waals surface area contributed by atoms with Gasteiger partial charge < -0.3 is 15.9 Å². The van der Waals surface area contributed by atoms with Gasteiger partial charge in [-0.25, -0.2) is 4.79 Å². The number of hydrogen-bond donors (Lipinski definition) is 2. The van der Waals surface area contributed by atoms with Crippen molar-refractivity contribution in [1.29, 1.82) is 0 Å². The first kappa shape index (κ1) is 29.6. The first-order chi connectivity index (χ1) is 17.9. The molecule has 2 aromatic rings. The van der Waals surface area contributed by atoms with E-state index in [0.717, 1.165) is 25.7 Å². The van der Waals surface area contributed by atoms with Crippen LogP contribution >= 0.6 is 0 Å². The van der Waals surface area contributed by atoms with Gasteiger partial charge in [0.25, 0.3) is 5.91 Å². The topological polar surface area (TPSA) is 116 Å². The zero-order valence-electron chi connectivity index (χ0n) is 22.1. The van der Waals surface area contributed by atoms with Crippen molar-refractivity contribution in [3.63, 3.8) is 0 Å². The Morgan fingerprint density at radius 2 is 1.43 bits per heavy atom. The van der Waals surface area contributed by atoms with Crippen LogP contribution in [0, 0.1) is 6.92 Å². The second-order valence-electron chi connectivity index (χ2n) is 9.10. The molecule has 1 amide bonds. The van der Waals surface area contributed by atoms with E-state index in [9.17, 15) is 14.4 Å². The van der Waals surface area contributed by atoms with Crippen molar-refractivity contribution in [2.24, 2.45) is 5.73 Å². The number of ketones is 1. The summed E-state index contributed by atoms with van der Waals surface area (Å²) >= 11 is 0. The summed E-state index contributed by atoms with van der Waals surface area (Å²) in [4.78, 5) is 36.8. The molecule has 198 valence electrons. The van der Waals surface area contributed by atoms with Crippen LogP contribution in [0.4, 0.5) is 5.69 Å². The molecule has 6 heteroatoms. The van der Waals surface area contributed by atoms with Crippen LogP contribution in [-0.2, 0) is 0 Å². The first-order valence-corrected chi connectivity index (χ1v) is 13.2. The number of aryl methyl sites for hydroxylation is 1. The molecule has 0 atom stereocenters. The number of unbranched alkanes of at least 4 members (excludes halogenated alkanes) is 4. The number of hydrogen-bond acceptors (Lipinski definition) is 5. The number of rotatable bonds is 16. The molecular weight excluding hydrogens is 464 g/mol. The molecule has 0 saturated carbocycles. The lowest BCUT2D eigenvalue weighted by molar-refractivity contribution is 0.0976. The molecule has 1 aromatic heterocycles. The fraction of sp³-hybridized carbons (Fsp3) is 0.387. The molecular formula is C31H40N2O4. The van der Waals surface area contributed by atoms with Gasteiger partial charge in [-0.15, -0.1) is 0 Å². The molecule has 0 fully saturated rings. The van der Waals surface area contributed by atoms with E-state index in [-0.39, 0.29) is 16.9 Å². The third-order valence-corrected chi connectivity index (χ3v) is 6.06. The van der Waals surface area contributed by atoms with E-state index in [1.54, 1.807) is 13.0 Å². The number of primary amides is 1. The molecule has 0 spiro atoms. The number of benzene rings is 1. The van der Waals surface area contributed by atoms with Gasteiger partial charge in [0.15, 0.2) is 5.78 Å². The molecule has 0 aliphatic heterocycles. The molecule has 0 bridgehead atoms. The highest BCUT2D eigenvalue weighted by Crippen LogP contribution is 2.28. The Kier molecular flexibility index (Phi) is 12.9. The van der Waals surface area contributed by atoms with Crippen LogP contribution in [0.25, 0.3) is 11.0 Å². The molecule has 1 aromatic carbocycles. The van der Waals surface area contributed by atoms with Crippen LogP contribution in [-0.4, -0.2) is 11.7 Å². The zero-order valence-corrected chi connectivity index (χ0v) is 22.1. The Bertz CT molecular complexity index is 1230. The maximum atomic E-state index is 13.0. The van der Waals surface area contributed by atoms with E-state index >= 15 is 0 Å². The number of carbonyl (C=O) groups is 2. The van der Waals surface area contributed by atoms with Crippen molar-refractivity contribution in [2.45, 2.75) is 78.1 Å². The van der Waals surface area contributed by atoms with Crippen molar-refractivity contribution in [1.82, 2.24) is 0 Å². The highest BCUT2D eigenvalue weighted by Gasteiger charge is 2.21. The van der Waals surface area contributed by atoms with Crippen molar-refractivity contribution in [3.8, 4) is 0 Å². The minimum atomic E-state index is -0.885. The number of nitrogen functional groups attached to an aromatic ring is 1. The van der Waals surface area contributed by atoms with Crippen LogP contribution in [0.15, 0.2) is 70.0 Å².